The van der Waals surface area contributed by atoms with E-state index in [-0.39, 0.29) is 0 Å². The van der Waals surface area contributed by atoms with Gasteiger partial charge >= 0.3 is 0 Å². The molecule has 1 aromatic heterocycles. The molecule has 0 saturated carbocycles. The normalized spacial score (nSPS) is 12.3. The highest BCUT2D eigenvalue weighted by atomic mass is 16.3. The summed E-state index contributed by atoms with van der Waals surface area (Å²) in [6.45, 7) is 3.18. The van der Waals surface area contributed by atoms with Crippen molar-refractivity contribution in [3.8, 4) is 0 Å². The first-order chi connectivity index (χ1) is 8.75. The third-order valence-corrected chi connectivity index (χ3v) is 2.76. The number of aryl methyl sites for hydroxylation is 1. The average Bonchev–Trinajstić information content (AvgIpc) is 2.40. The van der Waals surface area contributed by atoms with Crippen LogP contribution in [0.3, 0.4) is 0 Å². The number of hydrogen-bond donors (Lipinski definition) is 2. The molecule has 0 aliphatic carbocycles. The Morgan fingerprint density at radius 2 is 1.89 bits per heavy atom. The number of nitrogens with one attached hydrogen (secondary N) is 1. The molecular weight excluding hydrogens is 224 g/mol. The summed E-state index contributed by atoms with van der Waals surface area (Å²) in [4.78, 5) is 4.31. The summed E-state index contributed by atoms with van der Waals surface area (Å²) in [5.41, 5.74) is 2.85. The molecule has 0 amide bonds. The molecule has 3 heteroatoms. The van der Waals surface area contributed by atoms with Gasteiger partial charge in [-0.3, -0.25) is 4.98 Å². The van der Waals surface area contributed by atoms with Gasteiger partial charge in [-0.05, 0) is 24.6 Å². The van der Waals surface area contributed by atoms with Gasteiger partial charge in [0.1, 0.15) is 6.10 Å². The zero-order valence-electron chi connectivity index (χ0n) is 10.5. The average molecular weight is 242 g/mol. The highest BCUT2D eigenvalue weighted by Crippen LogP contribution is 2.09. The standard InChI is InChI=1S/C15H18N2O/c1-12-6-5-9-14(17-12)15(18)11-16-10-13-7-3-2-4-8-13/h2-9,15-16,18H,10-11H2,1H3. The molecule has 0 radical (unpaired) electrons. The molecule has 0 fully saturated rings. The van der Waals surface area contributed by atoms with Crippen molar-refractivity contribution >= 4 is 0 Å². The van der Waals surface area contributed by atoms with Crippen LogP contribution in [0.4, 0.5) is 0 Å². The number of hydrogen-bond acceptors (Lipinski definition) is 3. The van der Waals surface area contributed by atoms with Gasteiger partial charge in [-0.1, -0.05) is 36.4 Å². The van der Waals surface area contributed by atoms with Gasteiger partial charge in [0, 0.05) is 18.8 Å². The summed E-state index contributed by atoms with van der Waals surface area (Å²) in [6.07, 6.45) is -0.561. The molecule has 0 bridgehead atoms. The molecule has 1 atom stereocenters. The third kappa shape index (κ3) is 3.65. The fraction of sp³-hybridized carbons (Fsp3) is 0.267. The maximum Gasteiger partial charge on any atom is 0.108 e. The van der Waals surface area contributed by atoms with Crippen molar-refractivity contribution in [2.75, 3.05) is 6.54 Å². The number of benzene rings is 1. The Bertz CT molecular complexity index is 485. The number of aliphatic hydroxyl groups excluding tert-OH is 1. The van der Waals surface area contributed by atoms with Crippen molar-refractivity contribution in [3.63, 3.8) is 0 Å². The summed E-state index contributed by atoms with van der Waals surface area (Å²) >= 11 is 0. The SMILES string of the molecule is Cc1cccc(C(O)CNCc2ccccc2)n1. The van der Waals surface area contributed by atoms with Crippen LogP contribution in [0.1, 0.15) is 23.1 Å². The topological polar surface area (TPSA) is 45.1 Å². The van der Waals surface area contributed by atoms with E-state index in [1.807, 2.05) is 43.3 Å². The minimum Gasteiger partial charge on any atom is -0.385 e. The van der Waals surface area contributed by atoms with E-state index < -0.39 is 6.10 Å². The van der Waals surface area contributed by atoms with E-state index in [1.165, 1.54) is 5.56 Å². The van der Waals surface area contributed by atoms with Crippen LogP contribution in [0, 0.1) is 6.92 Å². The molecule has 94 valence electrons. The Kier molecular flexibility index (Phi) is 4.45. The number of aromatic nitrogens is 1. The van der Waals surface area contributed by atoms with Crippen molar-refractivity contribution in [1.82, 2.24) is 10.3 Å². The lowest BCUT2D eigenvalue weighted by atomic mass is 10.2. The zero-order chi connectivity index (χ0) is 12.8. The Morgan fingerprint density at radius 3 is 2.61 bits per heavy atom. The monoisotopic (exact) mass is 242 g/mol. The van der Waals surface area contributed by atoms with Crippen LogP contribution < -0.4 is 5.32 Å². The summed E-state index contributed by atoms with van der Waals surface area (Å²) in [5.74, 6) is 0. The van der Waals surface area contributed by atoms with E-state index in [2.05, 4.69) is 22.4 Å². The van der Waals surface area contributed by atoms with Crippen LogP contribution in [0.2, 0.25) is 0 Å². The molecule has 18 heavy (non-hydrogen) atoms. The smallest absolute Gasteiger partial charge is 0.108 e. The van der Waals surface area contributed by atoms with Crippen molar-refractivity contribution in [2.24, 2.45) is 0 Å². The molecule has 2 N–H and O–H groups in total. The zero-order valence-corrected chi connectivity index (χ0v) is 10.5. The van der Waals surface area contributed by atoms with Gasteiger partial charge in [-0.2, -0.15) is 0 Å². The molecular formula is C15H18N2O. The first-order valence-corrected chi connectivity index (χ1v) is 6.12. The van der Waals surface area contributed by atoms with E-state index >= 15 is 0 Å². The van der Waals surface area contributed by atoms with Crippen molar-refractivity contribution < 1.29 is 5.11 Å². The Hall–Kier alpha value is -1.71. The molecule has 2 aromatic rings. The number of pyridine rings is 1. The fourth-order valence-corrected chi connectivity index (χ4v) is 1.80. The lowest BCUT2D eigenvalue weighted by Gasteiger charge is -2.12. The Balaban J connectivity index is 1.83. The molecule has 2 rings (SSSR count). The molecule has 0 aliphatic heterocycles. The molecule has 0 saturated heterocycles. The fourth-order valence-electron chi connectivity index (χ4n) is 1.80. The molecule has 3 nitrogen and oxygen atoms in total. The van der Waals surface area contributed by atoms with Gasteiger partial charge in [-0.15, -0.1) is 0 Å². The quantitative estimate of drug-likeness (QED) is 0.845. The molecule has 1 aromatic carbocycles. The summed E-state index contributed by atoms with van der Waals surface area (Å²) in [5, 5.41) is 13.2. The Labute approximate surface area is 108 Å². The summed E-state index contributed by atoms with van der Waals surface area (Å²) < 4.78 is 0. The number of rotatable bonds is 5. The van der Waals surface area contributed by atoms with Crippen molar-refractivity contribution in [2.45, 2.75) is 19.6 Å². The molecule has 0 spiro atoms. The lowest BCUT2D eigenvalue weighted by Crippen LogP contribution is -2.21. The van der Waals surface area contributed by atoms with E-state index in [4.69, 9.17) is 0 Å². The summed E-state index contributed by atoms with van der Waals surface area (Å²) in [6, 6.07) is 15.8. The number of aliphatic hydroxyl groups is 1. The van der Waals surface area contributed by atoms with Gasteiger partial charge in [-0.25, -0.2) is 0 Å². The predicted octanol–water partition coefficient (Wildman–Crippen LogP) is 2.21. The maximum atomic E-state index is 10.00. The third-order valence-electron chi connectivity index (χ3n) is 2.76. The van der Waals surface area contributed by atoms with E-state index in [0.29, 0.717) is 6.54 Å². The predicted molar refractivity (Wildman–Crippen MR) is 72.1 cm³/mol. The van der Waals surface area contributed by atoms with Gasteiger partial charge < -0.3 is 10.4 Å². The number of nitrogens with zero attached hydrogens (tertiary/aromatic N) is 1. The van der Waals surface area contributed by atoms with Crippen LogP contribution >= 0.6 is 0 Å². The van der Waals surface area contributed by atoms with Crippen LogP contribution in [0.5, 0.6) is 0 Å². The molecule has 1 heterocycles. The second-order valence-corrected chi connectivity index (χ2v) is 4.34. The van der Waals surface area contributed by atoms with Gasteiger partial charge in [0.25, 0.3) is 0 Å². The van der Waals surface area contributed by atoms with Crippen LogP contribution in [0.25, 0.3) is 0 Å². The first kappa shape index (κ1) is 12.7. The largest absolute Gasteiger partial charge is 0.385 e. The highest BCUT2D eigenvalue weighted by Gasteiger charge is 2.08. The van der Waals surface area contributed by atoms with Crippen molar-refractivity contribution in [3.05, 3.63) is 65.5 Å². The minimum atomic E-state index is -0.561. The van der Waals surface area contributed by atoms with E-state index in [9.17, 15) is 5.11 Å². The lowest BCUT2D eigenvalue weighted by molar-refractivity contribution is 0.169. The van der Waals surface area contributed by atoms with Crippen LogP contribution in [0.15, 0.2) is 48.5 Å². The molecule has 1 unspecified atom stereocenters. The van der Waals surface area contributed by atoms with Crippen molar-refractivity contribution in [1.29, 1.82) is 0 Å². The van der Waals surface area contributed by atoms with Crippen LogP contribution in [-0.2, 0) is 6.54 Å². The van der Waals surface area contributed by atoms with Gasteiger partial charge in [0.2, 0.25) is 0 Å². The van der Waals surface area contributed by atoms with E-state index in [1.54, 1.807) is 0 Å². The first-order valence-electron chi connectivity index (χ1n) is 6.12. The molecule has 0 aliphatic rings. The maximum absolute atomic E-state index is 10.00. The Morgan fingerprint density at radius 1 is 1.11 bits per heavy atom. The van der Waals surface area contributed by atoms with Gasteiger partial charge in [0.15, 0.2) is 0 Å². The highest BCUT2D eigenvalue weighted by molar-refractivity contribution is 5.15. The summed E-state index contributed by atoms with van der Waals surface area (Å²) in [7, 11) is 0. The van der Waals surface area contributed by atoms with E-state index in [0.717, 1.165) is 17.9 Å². The minimum absolute atomic E-state index is 0.505. The second-order valence-electron chi connectivity index (χ2n) is 4.34. The second kappa shape index (κ2) is 6.28. The van der Waals surface area contributed by atoms with Crippen LogP contribution in [-0.4, -0.2) is 16.6 Å². The van der Waals surface area contributed by atoms with Gasteiger partial charge in [0.05, 0.1) is 5.69 Å².